The second-order valence-corrected chi connectivity index (χ2v) is 4.96. The van der Waals surface area contributed by atoms with Gasteiger partial charge >= 0.3 is 0 Å². The largest absolute Gasteiger partial charge is 0.395 e. The molecule has 1 aromatic carbocycles. The zero-order chi connectivity index (χ0) is 13.0. The maximum atomic E-state index is 8.83. The second kappa shape index (κ2) is 5.98. The molecule has 94 valence electrons. The molecule has 1 aromatic heterocycles. The number of hydrogen-bond donors (Lipinski definition) is 2. The number of pyridine rings is 1. The Bertz CT molecular complexity index is 526. The number of rotatable bonds is 4. The molecule has 0 aliphatic heterocycles. The molecule has 3 nitrogen and oxygen atoms in total. The molecular formula is C14H15BrN2O. The van der Waals surface area contributed by atoms with E-state index < -0.39 is 0 Å². The van der Waals surface area contributed by atoms with E-state index in [9.17, 15) is 0 Å². The molecule has 0 aliphatic rings. The van der Waals surface area contributed by atoms with Gasteiger partial charge in [0.25, 0.3) is 0 Å². The van der Waals surface area contributed by atoms with Crippen LogP contribution in [0, 0.1) is 6.92 Å². The third-order valence-corrected chi connectivity index (χ3v) is 3.06. The van der Waals surface area contributed by atoms with E-state index in [1.165, 1.54) is 0 Å². The fourth-order valence-electron chi connectivity index (χ4n) is 1.74. The van der Waals surface area contributed by atoms with Gasteiger partial charge in [-0.05, 0) is 31.2 Å². The summed E-state index contributed by atoms with van der Waals surface area (Å²) in [5.41, 5.74) is 3.95. The number of benzene rings is 1. The third-order valence-electron chi connectivity index (χ3n) is 2.53. The SMILES string of the molecule is Cc1cc(NCCO)cc(-c2ccc(Br)cc2)n1. The lowest BCUT2D eigenvalue weighted by atomic mass is 10.1. The van der Waals surface area contributed by atoms with E-state index in [1.54, 1.807) is 0 Å². The predicted molar refractivity (Wildman–Crippen MR) is 77.7 cm³/mol. The average molecular weight is 307 g/mol. The van der Waals surface area contributed by atoms with E-state index in [0.717, 1.165) is 27.1 Å². The van der Waals surface area contributed by atoms with Crippen molar-refractivity contribution in [3.05, 3.63) is 46.6 Å². The monoisotopic (exact) mass is 306 g/mol. The van der Waals surface area contributed by atoms with Crippen LogP contribution in [0.3, 0.4) is 0 Å². The lowest BCUT2D eigenvalue weighted by molar-refractivity contribution is 0.311. The average Bonchev–Trinajstić information content (AvgIpc) is 2.36. The van der Waals surface area contributed by atoms with Gasteiger partial charge in [0.2, 0.25) is 0 Å². The van der Waals surface area contributed by atoms with Gasteiger partial charge in [0.05, 0.1) is 12.3 Å². The highest BCUT2D eigenvalue weighted by Crippen LogP contribution is 2.23. The fraction of sp³-hybridized carbons (Fsp3) is 0.214. The van der Waals surface area contributed by atoms with Gasteiger partial charge in [-0.2, -0.15) is 0 Å². The van der Waals surface area contributed by atoms with Crippen LogP contribution in [-0.4, -0.2) is 23.2 Å². The Morgan fingerprint density at radius 3 is 2.61 bits per heavy atom. The van der Waals surface area contributed by atoms with Crippen LogP contribution in [0.4, 0.5) is 5.69 Å². The summed E-state index contributed by atoms with van der Waals surface area (Å²) >= 11 is 3.42. The Kier molecular flexibility index (Phi) is 4.33. The summed E-state index contributed by atoms with van der Waals surface area (Å²) in [6.45, 7) is 2.63. The molecule has 0 aliphatic carbocycles. The first-order chi connectivity index (χ1) is 8.69. The number of nitrogens with one attached hydrogen (secondary N) is 1. The topological polar surface area (TPSA) is 45.1 Å². The lowest BCUT2D eigenvalue weighted by Gasteiger charge is -2.08. The molecule has 4 heteroatoms. The van der Waals surface area contributed by atoms with Crippen molar-refractivity contribution in [2.75, 3.05) is 18.5 Å². The minimum absolute atomic E-state index is 0.120. The first kappa shape index (κ1) is 13.1. The van der Waals surface area contributed by atoms with Gasteiger partial charge in [0.15, 0.2) is 0 Å². The number of aliphatic hydroxyl groups is 1. The minimum atomic E-state index is 0.120. The van der Waals surface area contributed by atoms with Gasteiger partial charge in [-0.25, -0.2) is 0 Å². The van der Waals surface area contributed by atoms with Gasteiger partial charge in [-0.1, -0.05) is 28.1 Å². The highest BCUT2D eigenvalue weighted by molar-refractivity contribution is 9.10. The van der Waals surface area contributed by atoms with Crippen molar-refractivity contribution in [2.45, 2.75) is 6.92 Å². The van der Waals surface area contributed by atoms with Gasteiger partial charge in [0, 0.05) is 28.0 Å². The van der Waals surface area contributed by atoms with Crippen molar-refractivity contribution in [1.82, 2.24) is 4.98 Å². The normalized spacial score (nSPS) is 10.4. The van der Waals surface area contributed by atoms with Crippen molar-refractivity contribution in [3.8, 4) is 11.3 Å². The third kappa shape index (κ3) is 3.31. The smallest absolute Gasteiger partial charge is 0.0725 e. The van der Waals surface area contributed by atoms with E-state index in [0.29, 0.717) is 6.54 Å². The van der Waals surface area contributed by atoms with Crippen molar-refractivity contribution < 1.29 is 5.11 Å². The van der Waals surface area contributed by atoms with E-state index in [1.807, 2.05) is 43.3 Å². The maximum absolute atomic E-state index is 8.83. The van der Waals surface area contributed by atoms with Crippen LogP contribution >= 0.6 is 15.9 Å². The number of halogens is 1. The predicted octanol–water partition coefficient (Wildman–Crippen LogP) is 3.22. The number of nitrogens with zero attached hydrogens (tertiary/aromatic N) is 1. The van der Waals surface area contributed by atoms with E-state index in [2.05, 4.69) is 26.2 Å². The van der Waals surface area contributed by atoms with Crippen LogP contribution in [0.15, 0.2) is 40.9 Å². The minimum Gasteiger partial charge on any atom is -0.395 e. The molecule has 2 aromatic rings. The molecule has 0 saturated heterocycles. The second-order valence-electron chi connectivity index (χ2n) is 4.04. The lowest BCUT2D eigenvalue weighted by Crippen LogP contribution is -2.06. The fourth-order valence-corrected chi connectivity index (χ4v) is 2.00. The molecule has 0 unspecified atom stereocenters. The summed E-state index contributed by atoms with van der Waals surface area (Å²) in [4.78, 5) is 4.52. The van der Waals surface area contributed by atoms with Gasteiger partial charge in [0.1, 0.15) is 0 Å². The van der Waals surface area contributed by atoms with E-state index >= 15 is 0 Å². The Balaban J connectivity index is 2.32. The number of aromatic nitrogens is 1. The van der Waals surface area contributed by atoms with Crippen LogP contribution in [0.5, 0.6) is 0 Å². The van der Waals surface area contributed by atoms with Gasteiger partial charge in [-0.3, -0.25) is 4.98 Å². The van der Waals surface area contributed by atoms with E-state index in [-0.39, 0.29) is 6.61 Å². The Morgan fingerprint density at radius 1 is 1.22 bits per heavy atom. The summed E-state index contributed by atoms with van der Waals surface area (Å²) in [7, 11) is 0. The summed E-state index contributed by atoms with van der Waals surface area (Å²) in [5, 5.41) is 12.0. The number of hydrogen-bond acceptors (Lipinski definition) is 3. The molecule has 0 amide bonds. The van der Waals surface area contributed by atoms with Crippen LogP contribution < -0.4 is 5.32 Å². The van der Waals surface area contributed by atoms with Crippen molar-refractivity contribution in [1.29, 1.82) is 0 Å². The molecular weight excluding hydrogens is 292 g/mol. The first-order valence-electron chi connectivity index (χ1n) is 5.78. The quantitative estimate of drug-likeness (QED) is 0.911. The molecule has 0 atom stereocenters. The first-order valence-corrected chi connectivity index (χ1v) is 6.58. The Hall–Kier alpha value is -1.39. The summed E-state index contributed by atoms with van der Waals surface area (Å²) in [6.07, 6.45) is 0. The van der Waals surface area contributed by atoms with Crippen LogP contribution in [0.2, 0.25) is 0 Å². The Morgan fingerprint density at radius 2 is 1.94 bits per heavy atom. The molecule has 0 radical (unpaired) electrons. The van der Waals surface area contributed by atoms with Crippen LogP contribution in [0.25, 0.3) is 11.3 Å². The number of aliphatic hydroxyl groups excluding tert-OH is 1. The molecule has 0 saturated carbocycles. The highest BCUT2D eigenvalue weighted by atomic mass is 79.9. The standard InChI is InChI=1S/C14H15BrN2O/c1-10-8-13(16-6-7-18)9-14(17-10)11-2-4-12(15)5-3-11/h2-5,8-9,18H,6-7H2,1H3,(H,16,17). The molecule has 0 spiro atoms. The van der Waals surface area contributed by atoms with Crippen molar-refractivity contribution in [2.24, 2.45) is 0 Å². The molecule has 2 N–H and O–H groups in total. The van der Waals surface area contributed by atoms with Crippen LogP contribution in [0.1, 0.15) is 5.69 Å². The zero-order valence-electron chi connectivity index (χ0n) is 10.2. The van der Waals surface area contributed by atoms with E-state index in [4.69, 9.17) is 5.11 Å². The summed E-state index contributed by atoms with van der Waals surface area (Å²) in [6, 6.07) is 12.0. The molecule has 0 bridgehead atoms. The van der Waals surface area contributed by atoms with Gasteiger partial charge in [-0.15, -0.1) is 0 Å². The number of anilines is 1. The zero-order valence-corrected chi connectivity index (χ0v) is 11.7. The van der Waals surface area contributed by atoms with Crippen molar-refractivity contribution in [3.63, 3.8) is 0 Å². The summed E-state index contributed by atoms with van der Waals surface area (Å²) in [5.74, 6) is 0. The highest BCUT2D eigenvalue weighted by Gasteiger charge is 2.03. The van der Waals surface area contributed by atoms with Crippen molar-refractivity contribution >= 4 is 21.6 Å². The van der Waals surface area contributed by atoms with Gasteiger partial charge < -0.3 is 10.4 Å². The molecule has 18 heavy (non-hydrogen) atoms. The molecule has 2 rings (SSSR count). The molecule has 0 fully saturated rings. The number of aryl methyl sites for hydroxylation is 1. The Labute approximate surface area is 115 Å². The molecule has 1 heterocycles. The summed E-state index contributed by atoms with van der Waals surface area (Å²) < 4.78 is 1.05. The maximum Gasteiger partial charge on any atom is 0.0725 e. The van der Waals surface area contributed by atoms with Crippen LogP contribution in [-0.2, 0) is 0 Å².